The van der Waals surface area contributed by atoms with Crippen molar-refractivity contribution < 1.29 is 0 Å². The molecule has 0 spiro atoms. The van der Waals surface area contributed by atoms with Crippen molar-refractivity contribution in [1.82, 2.24) is 9.13 Å². The van der Waals surface area contributed by atoms with E-state index in [4.69, 9.17) is 0 Å². The Morgan fingerprint density at radius 1 is 0.176 bits per heavy atom. The maximum absolute atomic E-state index is 2.37. The zero-order chi connectivity index (χ0) is 72.6. The molecule has 2 heteroatoms. The molecule has 0 aliphatic heterocycles. The Hall–Kier alpha value is -13.4. The third-order valence-electron chi connectivity index (χ3n) is 22.2. The number of para-hydroxylation sites is 4. The zero-order valence-electron chi connectivity index (χ0n) is 61.3. The Kier molecular flexibility index (Phi) is 16.3. The van der Waals surface area contributed by atoms with Crippen LogP contribution in [0.3, 0.4) is 0 Å². The van der Waals surface area contributed by atoms with Crippen molar-refractivity contribution in [3.63, 3.8) is 0 Å². The second-order valence-corrected chi connectivity index (χ2v) is 30.0. The summed E-state index contributed by atoms with van der Waals surface area (Å²) in [5.74, 6) is 0. The molecular formula is C106H78N2. The number of aromatic nitrogens is 2. The van der Waals surface area contributed by atoms with Gasteiger partial charge in [-0.25, -0.2) is 0 Å². The molecule has 0 aliphatic rings. The van der Waals surface area contributed by atoms with E-state index in [0.717, 1.165) is 0 Å². The summed E-state index contributed by atoms with van der Waals surface area (Å²) in [5, 5.41) is 15.2. The maximum atomic E-state index is 2.37. The molecule has 0 unspecified atom stereocenters. The highest BCUT2D eigenvalue weighted by Gasteiger charge is 2.22. The molecule has 0 aliphatic carbocycles. The van der Waals surface area contributed by atoms with Crippen molar-refractivity contribution in [3.05, 3.63) is 399 Å². The zero-order valence-corrected chi connectivity index (χ0v) is 61.3. The Balaban J connectivity index is 0.000000152. The fourth-order valence-electron chi connectivity index (χ4n) is 17.1. The van der Waals surface area contributed by atoms with E-state index in [1.165, 1.54) is 204 Å². The molecule has 0 atom stereocenters. The SMILES string of the molecule is CC(C)(C)c1ccc(-c2ccc(-c3ccc(-c4c5ccccc5c(-c5ccc(-c6ccc7c(c6)c6ccccc6n7-c6ccccc6)cc5)c5ccccc45)cc3)cc2)cc1.Cc1cc(C)cc(-c2c3ccccc3c(-c3ccc(-c4ccc5c(c4)c4ccccc4n5-c4ccccc4)cc3)c3ccccc23)c1. The molecule has 0 saturated heterocycles. The average Bonchev–Trinajstić information content (AvgIpc) is 1.08. The summed E-state index contributed by atoms with van der Waals surface area (Å²) >= 11 is 0. The van der Waals surface area contributed by atoms with Gasteiger partial charge >= 0.3 is 0 Å². The van der Waals surface area contributed by atoms with E-state index < -0.39 is 0 Å². The predicted octanol–water partition coefficient (Wildman–Crippen LogP) is 29.4. The van der Waals surface area contributed by atoms with Crippen LogP contribution in [0.2, 0.25) is 0 Å². The number of rotatable bonds is 10. The van der Waals surface area contributed by atoms with Crippen molar-refractivity contribution in [3.8, 4) is 100 Å². The van der Waals surface area contributed by atoms with Gasteiger partial charge in [0.2, 0.25) is 0 Å². The minimum absolute atomic E-state index is 0.146. The van der Waals surface area contributed by atoms with Gasteiger partial charge in [-0.15, -0.1) is 0 Å². The molecule has 20 rings (SSSR count). The van der Waals surface area contributed by atoms with Gasteiger partial charge in [0.25, 0.3) is 0 Å². The highest BCUT2D eigenvalue weighted by molar-refractivity contribution is 6.23. The van der Waals surface area contributed by atoms with Crippen LogP contribution in [0.25, 0.3) is 187 Å². The largest absolute Gasteiger partial charge is 0.309 e. The van der Waals surface area contributed by atoms with Crippen LogP contribution in [0.5, 0.6) is 0 Å². The van der Waals surface area contributed by atoms with E-state index in [2.05, 4.69) is 426 Å². The van der Waals surface area contributed by atoms with E-state index >= 15 is 0 Å². The number of benzene rings is 18. The van der Waals surface area contributed by atoms with Gasteiger partial charge in [-0.1, -0.05) is 353 Å². The summed E-state index contributed by atoms with van der Waals surface area (Å²) in [5.41, 5.74) is 31.2. The van der Waals surface area contributed by atoms with Crippen molar-refractivity contribution in [2.75, 3.05) is 0 Å². The fourth-order valence-corrected chi connectivity index (χ4v) is 17.1. The molecule has 2 heterocycles. The molecule has 0 bridgehead atoms. The summed E-state index contributed by atoms with van der Waals surface area (Å²) in [6.07, 6.45) is 0. The quantitative estimate of drug-likeness (QED) is 0.121. The van der Waals surface area contributed by atoms with E-state index in [1.54, 1.807) is 0 Å². The molecule has 512 valence electrons. The van der Waals surface area contributed by atoms with E-state index in [-0.39, 0.29) is 5.41 Å². The number of hydrogen-bond acceptors (Lipinski definition) is 0. The van der Waals surface area contributed by atoms with E-state index in [0.29, 0.717) is 0 Å². The molecule has 0 amide bonds. The van der Waals surface area contributed by atoms with Crippen LogP contribution in [0.15, 0.2) is 382 Å². The van der Waals surface area contributed by atoms with Gasteiger partial charge in [-0.2, -0.15) is 0 Å². The first kappa shape index (κ1) is 65.4. The fraction of sp³-hybridized carbons (Fsp3) is 0.0566. The van der Waals surface area contributed by atoms with Gasteiger partial charge in [0.1, 0.15) is 0 Å². The van der Waals surface area contributed by atoms with Crippen LogP contribution in [0, 0.1) is 13.8 Å². The standard InChI is InChI=1S/C60H45N.C46H33N/c1-60(2,3)48-36-33-43(34-37-48)41-23-21-40(22-24-41)42-25-29-45(30-26-42)58-51-16-7-9-18-53(51)59(54-19-10-8-17-52(54)58)46-31-27-44(28-32-46)47-35-38-57-55(39-47)50-15-11-12-20-56(50)61(57)49-13-5-4-6-14-49;1-30-26-31(2)28-35(27-30)46-40-17-8-6-15-38(40)45(39-16-7-9-18-41(39)46)33-22-20-32(21-23-33)34-24-25-44-42(29-34)37-14-10-11-19-43(37)47(44)36-12-4-3-5-13-36/h4-39H,1-3H3;3-29H,1-2H3. The molecular weight excluding hydrogens is 1300 g/mol. The first-order valence-corrected chi connectivity index (χ1v) is 37.7. The Morgan fingerprint density at radius 2 is 0.407 bits per heavy atom. The van der Waals surface area contributed by atoms with Crippen LogP contribution in [-0.2, 0) is 5.41 Å². The smallest absolute Gasteiger partial charge is 0.0541 e. The lowest BCUT2D eigenvalue weighted by molar-refractivity contribution is 0.590. The van der Waals surface area contributed by atoms with Crippen LogP contribution in [-0.4, -0.2) is 9.13 Å². The molecule has 18 aromatic carbocycles. The Morgan fingerprint density at radius 3 is 0.713 bits per heavy atom. The lowest BCUT2D eigenvalue weighted by atomic mass is 9.85. The van der Waals surface area contributed by atoms with Crippen LogP contribution in [0.4, 0.5) is 0 Å². The molecule has 2 aromatic heterocycles. The predicted molar refractivity (Wildman–Crippen MR) is 463 cm³/mol. The first-order valence-electron chi connectivity index (χ1n) is 37.7. The van der Waals surface area contributed by atoms with Crippen molar-refractivity contribution in [1.29, 1.82) is 0 Å². The number of fused-ring (bicyclic) bond motifs is 10. The highest BCUT2D eigenvalue weighted by atomic mass is 15.0. The number of nitrogens with zero attached hydrogens (tertiary/aromatic N) is 2. The van der Waals surface area contributed by atoms with Gasteiger partial charge in [0.05, 0.1) is 22.1 Å². The summed E-state index contributed by atoms with van der Waals surface area (Å²) in [4.78, 5) is 0. The molecule has 0 saturated carbocycles. The van der Waals surface area contributed by atoms with Gasteiger partial charge in [0.15, 0.2) is 0 Å². The van der Waals surface area contributed by atoms with Crippen molar-refractivity contribution in [2.24, 2.45) is 0 Å². The third-order valence-corrected chi connectivity index (χ3v) is 22.2. The normalized spacial score (nSPS) is 11.8. The highest BCUT2D eigenvalue weighted by Crippen LogP contribution is 2.48. The maximum Gasteiger partial charge on any atom is 0.0541 e. The average molecular weight is 1380 g/mol. The molecule has 108 heavy (non-hydrogen) atoms. The number of aryl methyl sites for hydroxylation is 2. The van der Waals surface area contributed by atoms with Crippen LogP contribution in [0.1, 0.15) is 37.5 Å². The second kappa shape index (κ2) is 26.9. The van der Waals surface area contributed by atoms with Crippen molar-refractivity contribution >= 4 is 86.7 Å². The van der Waals surface area contributed by atoms with Crippen molar-refractivity contribution in [2.45, 2.75) is 40.0 Å². The van der Waals surface area contributed by atoms with Gasteiger partial charge < -0.3 is 9.13 Å². The van der Waals surface area contributed by atoms with E-state index in [9.17, 15) is 0 Å². The summed E-state index contributed by atoms with van der Waals surface area (Å²) in [6, 6.07) is 141. The molecule has 0 N–H and O–H groups in total. The molecule has 0 fully saturated rings. The lowest BCUT2D eigenvalue weighted by Gasteiger charge is -2.19. The Labute approximate surface area is 631 Å². The monoisotopic (exact) mass is 1380 g/mol. The second-order valence-electron chi connectivity index (χ2n) is 30.0. The topological polar surface area (TPSA) is 9.86 Å². The van der Waals surface area contributed by atoms with Gasteiger partial charge in [-0.05, 0) is 218 Å². The molecule has 0 radical (unpaired) electrons. The summed E-state index contributed by atoms with van der Waals surface area (Å²) < 4.78 is 4.74. The van der Waals surface area contributed by atoms with Crippen LogP contribution >= 0.6 is 0 Å². The van der Waals surface area contributed by atoms with E-state index in [1.807, 2.05) is 0 Å². The third kappa shape index (κ3) is 11.6. The van der Waals surface area contributed by atoms with Gasteiger partial charge in [-0.3, -0.25) is 0 Å². The molecule has 2 nitrogen and oxygen atoms in total. The molecule has 20 aromatic rings. The first-order chi connectivity index (χ1) is 53.0. The Bertz CT molecular complexity index is 6700. The minimum Gasteiger partial charge on any atom is -0.309 e. The number of hydrogen-bond donors (Lipinski definition) is 0. The van der Waals surface area contributed by atoms with Gasteiger partial charge in [0, 0.05) is 32.9 Å². The lowest BCUT2D eigenvalue weighted by Crippen LogP contribution is -2.10. The summed E-state index contributed by atoms with van der Waals surface area (Å²) in [6.45, 7) is 11.2. The van der Waals surface area contributed by atoms with Crippen LogP contribution < -0.4 is 0 Å². The summed E-state index contributed by atoms with van der Waals surface area (Å²) in [7, 11) is 0. The minimum atomic E-state index is 0.146.